The first kappa shape index (κ1) is 19.0. The van der Waals surface area contributed by atoms with Crippen LogP contribution in [0.3, 0.4) is 0 Å². The minimum absolute atomic E-state index is 0.0121. The Morgan fingerprint density at radius 2 is 1.89 bits per heavy atom. The lowest BCUT2D eigenvalue weighted by atomic mass is 9.99. The number of nitrogens with one attached hydrogen (secondary N) is 1. The molecule has 1 aliphatic rings. The summed E-state index contributed by atoms with van der Waals surface area (Å²) >= 11 is 0. The van der Waals surface area contributed by atoms with Gasteiger partial charge in [0.05, 0.1) is 12.8 Å². The van der Waals surface area contributed by atoms with Crippen molar-refractivity contribution in [2.75, 3.05) is 29.9 Å². The van der Waals surface area contributed by atoms with E-state index in [4.69, 9.17) is 4.42 Å². The molecule has 1 saturated heterocycles. The van der Waals surface area contributed by atoms with Crippen molar-refractivity contribution >= 4 is 23.2 Å². The third kappa shape index (κ3) is 5.36. The summed E-state index contributed by atoms with van der Waals surface area (Å²) < 4.78 is 5.26. The van der Waals surface area contributed by atoms with Crippen LogP contribution in [-0.2, 0) is 16.1 Å². The highest BCUT2D eigenvalue weighted by molar-refractivity contribution is 5.94. The van der Waals surface area contributed by atoms with Gasteiger partial charge in [-0.05, 0) is 55.2 Å². The van der Waals surface area contributed by atoms with Crippen molar-refractivity contribution in [3.05, 3.63) is 48.4 Å². The fraction of sp³-hybridized carbons (Fsp3) is 0.429. The van der Waals surface area contributed by atoms with Crippen molar-refractivity contribution in [1.29, 1.82) is 0 Å². The molecule has 144 valence electrons. The molecule has 1 aliphatic heterocycles. The second-order valence-electron chi connectivity index (χ2n) is 7.22. The van der Waals surface area contributed by atoms with Gasteiger partial charge in [0.1, 0.15) is 12.3 Å². The van der Waals surface area contributed by atoms with Crippen LogP contribution in [0.4, 0.5) is 11.4 Å². The van der Waals surface area contributed by atoms with Crippen LogP contribution < -0.4 is 10.2 Å². The topological polar surface area (TPSA) is 65.8 Å². The number of hydrogen-bond acceptors (Lipinski definition) is 4. The SMILES string of the molecule is CC(=O)N(CC(=O)Nc1ccc(N2CCC(C)CC2)cc1)Cc1ccco1. The van der Waals surface area contributed by atoms with Gasteiger partial charge in [-0.3, -0.25) is 9.59 Å². The lowest BCUT2D eigenvalue weighted by Crippen LogP contribution is -2.36. The van der Waals surface area contributed by atoms with Crippen molar-refractivity contribution < 1.29 is 14.0 Å². The van der Waals surface area contributed by atoms with E-state index < -0.39 is 0 Å². The average Bonchev–Trinajstić information content (AvgIpc) is 3.15. The predicted molar refractivity (Wildman–Crippen MR) is 105 cm³/mol. The molecule has 3 rings (SSSR count). The number of hydrogen-bond donors (Lipinski definition) is 1. The van der Waals surface area contributed by atoms with E-state index in [2.05, 4.69) is 17.1 Å². The Bertz CT molecular complexity index is 747. The van der Waals surface area contributed by atoms with Crippen LogP contribution in [0, 0.1) is 5.92 Å². The Morgan fingerprint density at radius 3 is 2.48 bits per heavy atom. The standard InChI is InChI=1S/C21H27N3O3/c1-16-9-11-23(12-10-16)19-7-5-18(6-8-19)22-21(26)15-24(17(2)25)14-20-4-3-13-27-20/h3-8,13,16H,9-12,14-15H2,1-2H3,(H,22,26). The molecule has 0 spiro atoms. The summed E-state index contributed by atoms with van der Waals surface area (Å²) in [4.78, 5) is 28.0. The summed E-state index contributed by atoms with van der Waals surface area (Å²) in [5, 5.41) is 2.86. The molecular formula is C21H27N3O3. The van der Waals surface area contributed by atoms with Crippen molar-refractivity contribution in [3.63, 3.8) is 0 Å². The minimum Gasteiger partial charge on any atom is -0.467 e. The monoisotopic (exact) mass is 369 g/mol. The zero-order chi connectivity index (χ0) is 19.2. The molecule has 0 unspecified atom stereocenters. The third-order valence-electron chi connectivity index (χ3n) is 5.01. The summed E-state index contributed by atoms with van der Waals surface area (Å²) in [5.74, 6) is 1.05. The second kappa shape index (κ2) is 8.75. The average molecular weight is 369 g/mol. The molecule has 27 heavy (non-hydrogen) atoms. The first-order valence-corrected chi connectivity index (χ1v) is 9.44. The number of amides is 2. The van der Waals surface area contributed by atoms with Gasteiger partial charge in [0, 0.05) is 31.4 Å². The van der Waals surface area contributed by atoms with E-state index in [0.717, 1.165) is 24.7 Å². The number of carbonyl (C=O) groups is 2. The van der Waals surface area contributed by atoms with Gasteiger partial charge in [-0.2, -0.15) is 0 Å². The maximum absolute atomic E-state index is 12.3. The molecule has 0 aliphatic carbocycles. The Hall–Kier alpha value is -2.76. The van der Waals surface area contributed by atoms with E-state index in [1.807, 2.05) is 24.3 Å². The molecule has 1 N–H and O–H groups in total. The van der Waals surface area contributed by atoms with E-state index in [1.54, 1.807) is 18.4 Å². The first-order chi connectivity index (χ1) is 13.0. The van der Waals surface area contributed by atoms with Crippen LogP contribution in [0.2, 0.25) is 0 Å². The molecule has 1 aromatic carbocycles. The smallest absolute Gasteiger partial charge is 0.244 e. The van der Waals surface area contributed by atoms with Crippen molar-refractivity contribution in [2.45, 2.75) is 33.2 Å². The molecule has 2 amide bonds. The highest BCUT2D eigenvalue weighted by atomic mass is 16.3. The van der Waals surface area contributed by atoms with Crippen molar-refractivity contribution in [2.24, 2.45) is 5.92 Å². The van der Waals surface area contributed by atoms with Gasteiger partial charge in [-0.25, -0.2) is 0 Å². The molecule has 0 bridgehead atoms. The molecule has 0 saturated carbocycles. The zero-order valence-electron chi connectivity index (χ0n) is 16.0. The summed E-state index contributed by atoms with van der Waals surface area (Å²) in [5.41, 5.74) is 1.92. The Labute approximate surface area is 160 Å². The zero-order valence-corrected chi connectivity index (χ0v) is 16.0. The van der Waals surface area contributed by atoms with Crippen LogP contribution in [0.15, 0.2) is 47.1 Å². The molecule has 2 aromatic rings. The maximum atomic E-state index is 12.3. The van der Waals surface area contributed by atoms with Gasteiger partial charge in [0.15, 0.2) is 0 Å². The second-order valence-corrected chi connectivity index (χ2v) is 7.22. The van der Waals surface area contributed by atoms with Crippen LogP contribution in [0.1, 0.15) is 32.4 Å². The lowest BCUT2D eigenvalue weighted by molar-refractivity contribution is -0.133. The van der Waals surface area contributed by atoms with Crippen LogP contribution in [0.5, 0.6) is 0 Å². The van der Waals surface area contributed by atoms with Gasteiger partial charge >= 0.3 is 0 Å². The number of benzene rings is 1. The van der Waals surface area contributed by atoms with E-state index in [1.165, 1.54) is 30.4 Å². The molecule has 6 heteroatoms. The predicted octanol–water partition coefficient (Wildman–Crippen LogP) is 3.50. The van der Waals surface area contributed by atoms with Crippen LogP contribution in [0.25, 0.3) is 0 Å². The van der Waals surface area contributed by atoms with Gasteiger partial charge in [0.25, 0.3) is 0 Å². The molecule has 6 nitrogen and oxygen atoms in total. The van der Waals surface area contributed by atoms with Crippen molar-refractivity contribution in [1.82, 2.24) is 4.90 Å². The largest absolute Gasteiger partial charge is 0.467 e. The van der Waals surface area contributed by atoms with Gasteiger partial charge in [0.2, 0.25) is 11.8 Å². The summed E-state index contributed by atoms with van der Waals surface area (Å²) in [6, 6.07) is 11.5. The molecule has 0 atom stereocenters. The van der Waals surface area contributed by atoms with E-state index in [-0.39, 0.29) is 24.9 Å². The Morgan fingerprint density at radius 1 is 1.19 bits per heavy atom. The molecule has 2 heterocycles. The van der Waals surface area contributed by atoms with Crippen LogP contribution >= 0.6 is 0 Å². The minimum atomic E-state index is -0.226. The number of carbonyl (C=O) groups excluding carboxylic acids is 2. The van der Waals surface area contributed by atoms with Crippen molar-refractivity contribution in [3.8, 4) is 0 Å². The number of nitrogens with zero attached hydrogens (tertiary/aromatic N) is 2. The number of piperidine rings is 1. The lowest BCUT2D eigenvalue weighted by Gasteiger charge is -2.32. The molecule has 0 radical (unpaired) electrons. The number of anilines is 2. The Kier molecular flexibility index (Phi) is 6.16. The summed E-state index contributed by atoms with van der Waals surface area (Å²) in [6.45, 7) is 6.17. The summed E-state index contributed by atoms with van der Waals surface area (Å²) in [7, 11) is 0. The van der Waals surface area contributed by atoms with Crippen LogP contribution in [-0.4, -0.2) is 36.3 Å². The maximum Gasteiger partial charge on any atom is 0.244 e. The first-order valence-electron chi connectivity index (χ1n) is 9.44. The van der Waals surface area contributed by atoms with Gasteiger partial charge in [-0.15, -0.1) is 0 Å². The quantitative estimate of drug-likeness (QED) is 0.846. The highest BCUT2D eigenvalue weighted by Gasteiger charge is 2.17. The molecule has 1 aromatic heterocycles. The van der Waals surface area contributed by atoms with E-state index in [9.17, 15) is 9.59 Å². The molecular weight excluding hydrogens is 342 g/mol. The number of furan rings is 1. The fourth-order valence-corrected chi connectivity index (χ4v) is 3.27. The van der Waals surface area contributed by atoms with E-state index >= 15 is 0 Å². The number of rotatable bonds is 6. The van der Waals surface area contributed by atoms with Gasteiger partial charge in [-0.1, -0.05) is 6.92 Å². The van der Waals surface area contributed by atoms with Gasteiger partial charge < -0.3 is 19.5 Å². The van der Waals surface area contributed by atoms with E-state index in [0.29, 0.717) is 5.76 Å². The Balaban J connectivity index is 1.54. The normalized spacial score (nSPS) is 14.8. The summed E-state index contributed by atoms with van der Waals surface area (Å²) in [6.07, 6.45) is 3.99. The third-order valence-corrected chi connectivity index (χ3v) is 5.01. The highest BCUT2D eigenvalue weighted by Crippen LogP contribution is 2.24. The fourth-order valence-electron chi connectivity index (χ4n) is 3.27. The molecule has 1 fully saturated rings.